The molecule has 8 nitrogen and oxygen atoms in total. The number of anilines is 2. The summed E-state index contributed by atoms with van der Waals surface area (Å²) in [7, 11) is 1.47. The highest BCUT2D eigenvalue weighted by molar-refractivity contribution is 7.10. The first-order chi connectivity index (χ1) is 15.9. The molecule has 1 saturated heterocycles. The number of rotatable bonds is 5. The molecule has 1 aliphatic heterocycles. The van der Waals surface area contributed by atoms with Crippen molar-refractivity contribution in [2.24, 2.45) is 0 Å². The predicted octanol–water partition coefficient (Wildman–Crippen LogP) is 2.50. The first-order valence-corrected chi connectivity index (χ1v) is 10.5. The molecule has 0 N–H and O–H groups in total. The molecule has 3 aromatic rings. The van der Waals surface area contributed by atoms with E-state index in [0.717, 1.165) is 23.7 Å². The van der Waals surface area contributed by atoms with Crippen LogP contribution in [0.3, 0.4) is 0 Å². The third-order valence-electron chi connectivity index (χ3n) is 4.97. The van der Waals surface area contributed by atoms with E-state index in [1.807, 2.05) is 0 Å². The summed E-state index contributed by atoms with van der Waals surface area (Å²) in [4.78, 5) is 41.5. The maximum Gasteiger partial charge on any atom is 0.278 e. The smallest absolute Gasteiger partial charge is 0.278 e. The molecule has 0 saturated carbocycles. The molecule has 0 bridgehead atoms. The fourth-order valence-corrected chi connectivity index (χ4v) is 4.07. The van der Waals surface area contributed by atoms with Crippen molar-refractivity contribution in [2.45, 2.75) is 12.5 Å². The molecule has 1 fully saturated rings. The van der Waals surface area contributed by atoms with Gasteiger partial charge in [-0.2, -0.15) is 0 Å². The number of amides is 2. The second-order valence-corrected chi connectivity index (χ2v) is 7.78. The van der Waals surface area contributed by atoms with E-state index in [4.69, 9.17) is 17.6 Å². The van der Waals surface area contributed by atoms with Gasteiger partial charge in [-0.05, 0) is 24.5 Å². The second-order valence-electron chi connectivity index (χ2n) is 6.92. The second kappa shape index (κ2) is 9.07. The molecule has 0 spiro atoms. The third kappa shape index (κ3) is 4.25. The topological polar surface area (TPSA) is 88.5 Å². The summed E-state index contributed by atoms with van der Waals surface area (Å²) >= 11 is 1.15. The molecule has 0 aliphatic carbocycles. The van der Waals surface area contributed by atoms with Crippen molar-refractivity contribution in [1.29, 1.82) is 0 Å². The molecular weight excluding hydrogens is 445 g/mol. The van der Waals surface area contributed by atoms with Gasteiger partial charge < -0.3 is 4.74 Å². The van der Waals surface area contributed by atoms with E-state index in [0.29, 0.717) is 22.0 Å². The number of halogens is 1. The van der Waals surface area contributed by atoms with Crippen molar-refractivity contribution in [3.63, 3.8) is 0 Å². The summed E-state index contributed by atoms with van der Waals surface area (Å²) in [5.41, 5.74) is 0.930. The van der Waals surface area contributed by atoms with Crippen molar-refractivity contribution in [2.75, 3.05) is 23.5 Å². The van der Waals surface area contributed by atoms with E-state index in [-0.39, 0.29) is 24.6 Å². The maximum atomic E-state index is 13.6. The lowest BCUT2D eigenvalue weighted by Crippen LogP contribution is -2.46. The highest BCUT2D eigenvalue weighted by Gasteiger charge is 2.41. The van der Waals surface area contributed by atoms with Crippen molar-refractivity contribution in [3.05, 3.63) is 58.1 Å². The van der Waals surface area contributed by atoms with E-state index >= 15 is 0 Å². The highest BCUT2D eigenvalue weighted by Crippen LogP contribution is 2.31. The van der Waals surface area contributed by atoms with Gasteiger partial charge >= 0.3 is 0 Å². The molecule has 1 aromatic carbocycles. The Labute approximate surface area is 193 Å². The first-order valence-electron chi connectivity index (χ1n) is 9.65. The van der Waals surface area contributed by atoms with E-state index in [1.165, 1.54) is 22.3 Å². The monoisotopic (exact) mass is 461 g/mol. The molecule has 0 radical (unpaired) electrons. The van der Waals surface area contributed by atoms with Crippen LogP contribution < -0.4 is 14.5 Å². The fraction of sp³-hybridized carbons (Fsp3) is 0.174. The number of terminal acetylenes is 2. The Balaban J connectivity index is 1.77. The minimum absolute atomic E-state index is 0.0505. The van der Waals surface area contributed by atoms with Crippen LogP contribution in [0.15, 0.2) is 36.0 Å². The largest absolute Gasteiger partial charge is 0.497 e. The Hall–Kier alpha value is -4.28. The van der Waals surface area contributed by atoms with Crippen LogP contribution in [0.25, 0.3) is 0 Å². The zero-order chi connectivity index (χ0) is 23.5. The normalized spacial score (nSPS) is 15.1. The number of hydrogen-bond acceptors (Lipinski definition) is 7. The first kappa shape index (κ1) is 21.9. The molecule has 1 atom stereocenters. The van der Waals surface area contributed by atoms with Crippen molar-refractivity contribution >= 4 is 34.8 Å². The molecular formula is C23H16FN5O3S. The number of aromatic nitrogens is 3. The number of hydrogen-bond donors (Lipinski definition) is 0. The van der Waals surface area contributed by atoms with Gasteiger partial charge in [0.1, 0.15) is 17.5 Å². The summed E-state index contributed by atoms with van der Waals surface area (Å²) in [6.07, 6.45) is 13.2. The molecule has 1 aliphatic rings. The average Bonchev–Trinajstić information content (AvgIpc) is 3.47. The summed E-state index contributed by atoms with van der Waals surface area (Å²) in [5, 5.41) is 1.87. The minimum Gasteiger partial charge on any atom is -0.497 e. The van der Waals surface area contributed by atoms with Gasteiger partial charge in [0.05, 0.1) is 19.5 Å². The molecule has 1 unspecified atom stereocenters. The van der Waals surface area contributed by atoms with Gasteiger partial charge in [0.2, 0.25) is 5.95 Å². The van der Waals surface area contributed by atoms with Crippen LogP contribution in [0.1, 0.15) is 27.5 Å². The summed E-state index contributed by atoms with van der Waals surface area (Å²) in [6, 6.07) is 3.96. The minimum atomic E-state index is -0.903. The van der Waals surface area contributed by atoms with Crippen LogP contribution in [-0.4, -0.2) is 46.5 Å². The summed E-state index contributed by atoms with van der Waals surface area (Å²) in [5.74, 6) is 3.82. The SMILES string of the molecule is C#Cc1cc(OC)cc(N(C(=O)c2csc(C#C)n2)C2CCN(c3ncc(F)cn3)C2=O)c1. The standard InChI is InChI=1S/C23H16FN5O3S/c1-4-14-8-16(10-17(9-14)32-3)29(21(30)18-13-33-20(5-2)27-18)19-6-7-28(22(19)31)23-25-11-15(24)12-26-23/h1-2,8-13,19H,6-7H2,3H3. The Morgan fingerprint density at radius 2 is 2.03 bits per heavy atom. The molecule has 3 heterocycles. The van der Waals surface area contributed by atoms with Crippen LogP contribution in [0, 0.1) is 30.5 Å². The van der Waals surface area contributed by atoms with Crippen molar-refractivity contribution < 1.29 is 18.7 Å². The molecule has 10 heteroatoms. The number of carbonyl (C=O) groups excluding carboxylic acids is 2. The maximum absolute atomic E-state index is 13.6. The van der Waals surface area contributed by atoms with Crippen LogP contribution in [0.2, 0.25) is 0 Å². The number of carbonyl (C=O) groups is 2. The van der Waals surface area contributed by atoms with Crippen LogP contribution in [0.4, 0.5) is 16.0 Å². The van der Waals surface area contributed by atoms with E-state index < -0.39 is 23.7 Å². The van der Waals surface area contributed by atoms with Gasteiger partial charge in [-0.1, -0.05) is 5.92 Å². The number of ether oxygens (including phenoxy) is 1. The van der Waals surface area contributed by atoms with Gasteiger partial charge in [-0.3, -0.25) is 19.4 Å². The highest BCUT2D eigenvalue weighted by atomic mass is 32.1. The Morgan fingerprint density at radius 3 is 2.67 bits per heavy atom. The van der Waals surface area contributed by atoms with Crippen molar-refractivity contribution in [1.82, 2.24) is 15.0 Å². The zero-order valence-corrected chi connectivity index (χ0v) is 18.2. The van der Waals surface area contributed by atoms with Gasteiger partial charge in [-0.15, -0.1) is 24.2 Å². The van der Waals surface area contributed by atoms with Gasteiger partial charge in [0.15, 0.2) is 10.8 Å². The molecule has 2 amide bonds. The number of nitrogens with zero attached hydrogens (tertiary/aromatic N) is 5. The third-order valence-corrected chi connectivity index (χ3v) is 5.75. The zero-order valence-electron chi connectivity index (χ0n) is 17.4. The molecule has 164 valence electrons. The summed E-state index contributed by atoms with van der Waals surface area (Å²) < 4.78 is 18.6. The van der Waals surface area contributed by atoms with E-state index in [2.05, 4.69) is 26.8 Å². The predicted molar refractivity (Wildman–Crippen MR) is 121 cm³/mol. The van der Waals surface area contributed by atoms with Gasteiger partial charge in [-0.25, -0.2) is 19.3 Å². The van der Waals surface area contributed by atoms with Gasteiger partial charge in [0, 0.05) is 29.2 Å². The van der Waals surface area contributed by atoms with Crippen LogP contribution >= 0.6 is 11.3 Å². The lowest BCUT2D eigenvalue weighted by Gasteiger charge is -2.28. The Morgan fingerprint density at radius 1 is 1.27 bits per heavy atom. The lowest BCUT2D eigenvalue weighted by molar-refractivity contribution is -0.118. The number of benzene rings is 1. The van der Waals surface area contributed by atoms with Crippen LogP contribution in [0.5, 0.6) is 5.75 Å². The quantitative estimate of drug-likeness (QED) is 0.543. The Bertz CT molecular complexity index is 1310. The van der Waals surface area contributed by atoms with Crippen molar-refractivity contribution in [3.8, 4) is 30.4 Å². The average molecular weight is 461 g/mol. The molecule has 33 heavy (non-hydrogen) atoms. The van der Waals surface area contributed by atoms with Crippen LogP contribution in [-0.2, 0) is 4.79 Å². The Kier molecular flexibility index (Phi) is 6.03. The fourth-order valence-electron chi connectivity index (χ4n) is 3.47. The molecule has 2 aromatic heterocycles. The number of methoxy groups -OCH3 is 1. The number of thiazole rings is 1. The van der Waals surface area contributed by atoms with E-state index in [1.54, 1.807) is 18.2 Å². The van der Waals surface area contributed by atoms with E-state index in [9.17, 15) is 14.0 Å². The van der Waals surface area contributed by atoms with Gasteiger partial charge in [0.25, 0.3) is 11.8 Å². The summed E-state index contributed by atoms with van der Waals surface area (Å²) in [6.45, 7) is 0.234. The molecule has 4 rings (SSSR count). The lowest BCUT2D eigenvalue weighted by atomic mass is 10.1.